The Morgan fingerprint density at radius 2 is 2.14 bits per heavy atom. The van der Waals surface area contributed by atoms with Crippen molar-refractivity contribution < 1.29 is 28.9 Å². The van der Waals surface area contributed by atoms with Crippen LogP contribution in [0.2, 0.25) is 0 Å². The standard InChI is InChI=1S/C24H34N6O6/c1-16-11-29(17(2)13-31)23(32)5-4-8-30-19(10-25-27-30)14-34-22(16)12-28(3)24(33)26-18-6-7-20-21(9-18)36-15-35-20/h6-7,9-10,16-17,22,31H,4-5,8,11-15H2,1-3H3,(H,26,33)/t16-,17-,22+/m0/s1. The number of aryl methyl sites for hydroxylation is 1. The molecule has 1 aromatic carbocycles. The average molecular weight is 503 g/mol. The maximum atomic E-state index is 13.0. The van der Waals surface area contributed by atoms with E-state index in [-0.39, 0.29) is 56.6 Å². The van der Waals surface area contributed by atoms with E-state index in [1.807, 2.05) is 13.8 Å². The Morgan fingerprint density at radius 1 is 1.33 bits per heavy atom. The number of ether oxygens (including phenoxy) is 3. The molecule has 3 atom stereocenters. The number of aliphatic hydroxyl groups excluding tert-OH is 1. The van der Waals surface area contributed by atoms with E-state index in [9.17, 15) is 14.7 Å². The normalized spacial score (nSPS) is 21.2. The molecular weight excluding hydrogens is 468 g/mol. The number of carbonyl (C=O) groups excluding carboxylic acids is 2. The van der Waals surface area contributed by atoms with Gasteiger partial charge in [0, 0.05) is 50.8 Å². The van der Waals surface area contributed by atoms with E-state index in [4.69, 9.17) is 14.2 Å². The van der Waals surface area contributed by atoms with Gasteiger partial charge < -0.3 is 34.4 Å². The van der Waals surface area contributed by atoms with Gasteiger partial charge in [-0.2, -0.15) is 0 Å². The minimum atomic E-state index is -0.388. The van der Waals surface area contributed by atoms with E-state index < -0.39 is 0 Å². The fourth-order valence-electron chi connectivity index (χ4n) is 4.29. The maximum absolute atomic E-state index is 13.0. The first-order valence-corrected chi connectivity index (χ1v) is 12.2. The van der Waals surface area contributed by atoms with Gasteiger partial charge in [-0.3, -0.25) is 4.79 Å². The molecule has 0 unspecified atom stereocenters. The van der Waals surface area contributed by atoms with Crippen LogP contribution in [-0.4, -0.2) is 87.5 Å². The summed E-state index contributed by atoms with van der Waals surface area (Å²) >= 11 is 0. The summed E-state index contributed by atoms with van der Waals surface area (Å²) in [5, 5.41) is 20.7. The molecule has 2 N–H and O–H groups in total. The Labute approximate surface area is 210 Å². The predicted molar refractivity (Wildman–Crippen MR) is 129 cm³/mol. The highest BCUT2D eigenvalue weighted by molar-refractivity contribution is 5.89. The largest absolute Gasteiger partial charge is 0.454 e. The molecule has 4 rings (SSSR count). The van der Waals surface area contributed by atoms with Crippen LogP contribution in [0.3, 0.4) is 0 Å². The second-order valence-electron chi connectivity index (χ2n) is 9.34. The summed E-state index contributed by atoms with van der Waals surface area (Å²) in [4.78, 5) is 29.2. The predicted octanol–water partition coefficient (Wildman–Crippen LogP) is 1.70. The van der Waals surface area contributed by atoms with Crippen LogP contribution in [0.15, 0.2) is 24.4 Å². The Bertz CT molecular complexity index is 1060. The van der Waals surface area contributed by atoms with Crippen LogP contribution >= 0.6 is 0 Å². The van der Waals surface area contributed by atoms with Crippen LogP contribution in [0.25, 0.3) is 0 Å². The zero-order valence-electron chi connectivity index (χ0n) is 20.9. The minimum absolute atomic E-state index is 0.0294. The van der Waals surface area contributed by atoms with Crippen LogP contribution in [0.1, 0.15) is 32.4 Å². The molecule has 2 aliphatic rings. The fourth-order valence-corrected chi connectivity index (χ4v) is 4.29. The van der Waals surface area contributed by atoms with Gasteiger partial charge in [-0.1, -0.05) is 12.1 Å². The minimum Gasteiger partial charge on any atom is -0.454 e. The molecule has 2 aliphatic heterocycles. The lowest BCUT2D eigenvalue weighted by Crippen LogP contribution is -2.48. The third-order valence-electron chi connectivity index (χ3n) is 6.56. The van der Waals surface area contributed by atoms with Gasteiger partial charge in [0.05, 0.1) is 37.3 Å². The number of hydrogen-bond donors (Lipinski definition) is 2. The van der Waals surface area contributed by atoms with Crippen molar-refractivity contribution in [2.75, 3.05) is 38.9 Å². The first-order valence-electron chi connectivity index (χ1n) is 12.2. The second-order valence-corrected chi connectivity index (χ2v) is 9.34. The molecule has 3 heterocycles. The van der Waals surface area contributed by atoms with Crippen LogP contribution < -0.4 is 14.8 Å². The summed E-state index contributed by atoms with van der Waals surface area (Å²) in [5.41, 5.74) is 1.40. The monoisotopic (exact) mass is 502 g/mol. The van der Waals surface area contributed by atoms with Crippen LogP contribution in [-0.2, 0) is 22.7 Å². The number of hydrogen-bond acceptors (Lipinski definition) is 8. The summed E-state index contributed by atoms with van der Waals surface area (Å²) in [5.74, 6) is 1.08. The van der Waals surface area contributed by atoms with Crippen molar-refractivity contribution in [3.05, 3.63) is 30.1 Å². The van der Waals surface area contributed by atoms with Crippen molar-refractivity contribution in [2.45, 2.75) is 52.0 Å². The number of nitrogens with one attached hydrogen (secondary N) is 1. The summed E-state index contributed by atoms with van der Waals surface area (Å²) in [7, 11) is 1.69. The molecule has 2 aromatic rings. The summed E-state index contributed by atoms with van der Waals surface area (Å²) in [6.07, 6.45) is 2.23. The van der Waals surface area contributed by atoms with E-state index in [2.05, 4.69) is 15.6 Å². The first kappa shape index (κ1) is 25.7. The molecule has 36 heavy (non-hydrogen) atoms. The van der Waals surface area contributed by atoms with Gasteiger partial charge in [0.15, 0.2) is 11.5 Å². The van der Waals surface area contributed by atoms with Gasteiger partial charge >= 0.3 is 6.03 Å². The molecule has 0 fully saturated rings. The smallest absolute Gasteiger partial charge is 0.321 e. The van der Waals surface area contributed by atoms with Crippen LogP contribution in [0.5, 0.6) is 11.5 Å². The fraction of sp³-hybridized carbons (Fsp3) is 0.583. The highest BCUT2D eigenvalue weighted by Crippen LogP contribution is 2.34. The van der Waals surface area contributed by atoms with Crippen molar-refractivity contribution in [1.29, 1.82) is 0 Å². The van der Waals surface area contributed by atoms with Crippen LogP contribution in [0, 0.1) is 5.92 Å². The average Bonchev–Trinajstić information content (AvgIpc) is 3.52. The number of benzene rings is 1. The maximum Gasteiger partial charge on any atom is 0.321 e. The third kappa shape index (κ3) is 6.05. The molecule has 0 radical (unpaired) electrons. The van der Waals surface area contributed by atoms with Gasteiger partial charge in [0.1, 0.15) is 0 Å². The zero-order valence-corrected chi connectivity index (χ0v) is 20.9. The molecule has 12 heteroatoms. The first-order chi connectivity index (χ1) is 17.4. The molecule has 0 spiro atoms. The Balaban J connectivity index is 1.48. The third-order valence-corrected chi connectivity index (χ3v) is 6.56. The van der Waals surface area contributed by atoms with Gasteiger partial charge in [-0.05, 0) is 25.5 Å². The Morgan fingerprint density at radius 3 is 2.94 bits per heavy atom. The molecule has 0 aliphatic carbocycles. The lowest BCUT2D eigenvalue weighted by molar-refractivity contribution is -0.136. The second kappa shape index (κ2) is 11.6. The van der Waals surface area contributed by atoms with Gasteiger partial charge in [0.25, 0.3) is 0 Å². The van der Waals surface area contributed by atoms with Gasteiger partial charge in [0.2, 0.25) is 12.7 Å². The quantitative estimate of drug-likeness (QED) is 0.632. The van der Waals surface area contributed by atoms with Crippen molar-refractivity contribution in [3.63, 3.8) is 0 Å². The Hall–Kier alpha value is -3.38. The molecule has 1 aromatic heterocycles. The molecule has 12 nitrogen and oxygen atoms in total. The number of anilines is 1. The highest BCUT2D eigenvalue weighted by atomic mass is 16.7. The summed E-state index contributed by atoms with van der Waals surface area (Å²) in [6.45, 7) is 5.36. The van der Waals surface area contributed by atoms with Gasteiger partial charge in [-0.25, -0.2) is 9.48 Å². The van der Waals surface area contributed by atoms with Crippen molar-refractivity contribution in [2.24, 2.45) is 5.92 Å². The van der Waals surface area contributed by atoms with E-state index in [0.717, 1.165) is 5.69 Å². The van der Waals surface area contributed by atoms with Crippen molar-refractivity contribution >= 4 is 17.6 Å². The SMILES string of the molecule is C[C@H]1CN([C@@H](C)CO)C(=O)CCCn2nncc2CO[C@@H]1CN(C)C(=O)Nc1ccc2c(c1)OCO2. The van der Waals surface area contributed by atoms with Gasteiger partial charge in [-0.15, -0.1) is 5.10 Å². The van der Waals surface area contributed by atoms with E-state index in [1.165, 1.54) is 0 Å². The number of amides is 3. The summed E-state index contributed by atoms with van der Waals surface area (Å²) in [6, 6.07) is 4.59. The van der Waals surface area contributed by atoms with Crippen LogP contribution in [0.4, 0.5) is 10.5 Å². The number of rotatable bonds is 5. The number of aromatic nitrogens is 3. The number of likely N-dealkylation sites (N-methyl/N-ethyl adjacent to an activating group) is 1. The molecule has 196 valence electrons. The molecular formula is C24H34N6O6. The number of urea groups is 1. The van der Waals surface area contributed by atoms with E-state index >= 15 is 0 Å². The highest BCUT2D eigenvalue weighted by Gasteiger charge is 2.29. The Kier molecular flexibility index (Phi) is 8.26. The molecule has 0 saturated carbocycles. The molecule has 0 saturated heterocycles. The molecule has 0 bridgehead atoms. The van der Waals surface area contributed by atoms with E-state index in [0.29, 0.717) is 43.1 Å². The number of nitrogens with zero attached hydrogens (tertiary/aromatic N) is 5. The van der Waals surface area contributed by atoms with Crippen molar-refractivity contribution in [1.82, 2.24) is 24.8 Å². The number of aliphatic hydroxyl groups is 1. The number of carbonyl (C=O) groups is 2. The zero-order chi connectivity index (χ0) is 25.7. The lowest BCUT2D eigenvalue weighted by atomic mass is 10.0. The molecule has 3 amide bonds. The van der Waals surface area contributed by atoms with E-state index in [1.54, 1.807) is 45.9 Å². The summed E-state index contributed by atoms with van der Waals surface area (Å²) < 4.78 is 18.7. The number of fused-ring (bicyclic) bond motifs is 2. The topological polar surface area (TPSA) is 131 Å². The lowest BCUT2D eigenvalue weighted by Gasteiger charge is -2.35. The van der Waals surface area contributed by atoms with Crippen molar-refractivity contribution in [3.8, 4) is 11.5 Å².